The van der Waals surface area contributed by atoms with Crippen LogP contribution in [0, 0.1) is 0 Å². The van der Waals surface area contributed by atoms with E-state index in [1.807, 2.05) is 0 Å². The minimum absolute atomic E-state index is 0.0639. The van der Waals surface area contributed by atoms with Crippen molar-refractivity contribution in [2.45, 2.75) is 58.0 Å². The standard InChI is InChI=1S/C22H20BrClF9N3O4/c1-4-6-7-35-16(37)13(23)15(22(31,32)33)34-19(35)36(17(39-3)18(38)40-5-2)12-9-10(20(25,26)27)8-11(14(12)24)21(28,29)30/h8-9,17H,4-7H2,1-3H3. The van der Waals surface area contributed by atoms with E-state index >= 15 is 0 Å². The van der Waals surface area contributed by atoms with Gasteiger partial charge in [-0.15, -0.1) is 0 Å². The number of carbonyl (C=O) groups excluding carboxylic acids is 1. The smallest absolute Gasteiger partial charge is 0.434 e. The number of aromatic nitrogens is 2. The predicted molar refractivity (Wildman–Crippen MR) is 127 cm³/mol. The van der Waals surface area contributed by atoms with Gasteiger partial charge in [0.1, 0.15) is 4.47 Å². The predicted octanol–water partition coefficient (Wildman–Crippen LogP) is 7.19. The number of rotatable bonds is 9. The Kier molecular flexibility index (Phi) is 10.6. The zero-order valence-corrected chi connectivity index (χ0v) is 23.0. The summed E-state index contributed by atoms with van der Waals surface area (Å²) in [4.78, 5) is 29.3. The third-order valence-corrected chi connectivity index (χ3v) is 6.32. The van der Waals surface area contributed by atoms with E-state index in [1.165, 1.54) is 6.92 Å². The monoisotopic (exact) mass is 675 g/mol. The SMILES string of the molecule is CCCCn1c(N(c2cc(C(F)(F)F)cc(C(F)(F)F)c2Cl)C(OC)C(=O)OCC)nc(C(F)(F)F)c(Br)c1=O. The molecule has 40 heavy (non-hydrogen) atoms. The van der Waals surface area contributed by atoms with Crippen LogP contribution >= 0.6 is 27.5 Å². The number of alkyl halides is 9. The quantitative estimate of drug-likeness (QED) is 0.159. The normalized spacial score (nSPS) is 13.3. The molecule has 0 aliphatic rings. The topological polar surface area (TPSA) is 73.7 Å². The zero-order chi connectivity index (χ0) is 30.8. The molecule has 2 rings (SSSR count). The maximum Gasteiger partial charge on any atom is 0.434 e. The van der Waals surface area contributed by atoms with E-state index in [1.54, 1.807) is 6.92 Å². The fourth-order valence-corrected chi connectivity index (χ4v) is 4.26. The van der Waals surface area contributed by atoms with Crippen molar-refractivity contribution >= 4 is 45.1 Å². The molecule has 224 valence electrons. The van der Waals surface area contributed by atoms with Gasteiger partial charge in [0.25, 0.3) is 5.56 Å². The van der Waals surface area contributed by atoms with E-state index in [0.29, 0.717) is 11.0 Å². The van der Waals surface area contributed by atoms with Crippen LogP contribution in [-0.2, 0) is 39.3 Å². The number of nitrogens with zero attached hydrogens (tertiary/aromatic N) is 3. The van der Waals surface area contributed by atoms with E-state index in [0.717, 1.165) is 7.11 Å². The lowest BCUT2D eigenvalue weighted by Gasteiger charge is -2.33. The molecule has 1 aromatic carbocycles. The molecule has 0 saturated heterocycles. The third kappa shape index (κ3) is 7.21. The molecule has 0 bridgehead atoms. The molecule has 1 heterocycles. The van der Waals surface area contributed by atoms with Crippen molar-refractivity contribution in [2.75, 3.05) is 18.6 Å². The van der Waals surface area contributed by atoms with Crippen LogP contribution in [0.5, 0.6) is 0 Å². The second-order valence-electron chi connectivity index (χ2n) is 7.95. The molecule has 0 aliphatic carbocycles. The van der Waals surface area contributed by atoms with Crippen molar-refractivity contribution in [3.8, 4) is 0 Å². The minimum Gasteiger partial charge on any atom is -0.463 e. The van der Waals surface area contributed by atoms with Crippen LogP contribution < -0.4 is 10.5 Å². The Balaban J connectivity index is 3.21. The molecular formula is C22H20BrClF9N3O4. The number of benzene rings is 1. The van der Waals surface area contributed by atoms with Gasteiger partial charge < -0.3 is 9.47 Å². The first-order valence-corrected chi connectivity index (χ1v) is 12.3. The van der Waals surface area contributed by atoms with Crippen molar-refractivity contribution in [1.82, 2.24) is 9.55 Å². The van der Waals surface area contributed by atoms with Gasteiger partial charge in [0.2, 0.25) is 12.2 Å². The van der Waals surface area contributed by atoms with Crippen molar-refractivity contribution in [3.05, 3.63) is 48.8 Å². The number of hydrogen-bond donors (Lipinski definition) is 0. The van der Waals surface area contributed by atoms with E-state index in [4.69, 9.17) is 21.1 Å². The van der Waals surface area contributed by atoms with Crippen LogP contribution in [0.2, 0.25) is 5.02 Å². The van der Waals surface area contributed by atoms with Crippen LogP contribution in [-0.4, -0.2) is 35.5 Å². The molecule has 18 heteroatoms. The molecule has 1 aromatic heterocycles. The summed E-state index contributed by atoms with van der Waals surface area (Å²) in [5.74, 6) is -2.62. The summed E-state index contributed by atoms with van der Waals surface area (Å²) in [5, 5.41) is -1.44. The average Bonchev–Trinajstić information content (AvgIpc) is 2.81. The lowest BCUT2D eigenvalue weighted by molar-refractivity contribution is -0.154. The second kappa shape index (κ2) is 12.5. The van der Waals surface area contributed by atoms with Crippen molar-refractivity contribution in [1.29, 1.82) is 0 Å². The summed E-state index contributed by atoms with van der Waals surface area (Å²) in [6.07, 6.45) is -18.1. The molecule has 0 saturated carbocycles. The Bertz CT molecular complexity index is 1300. The number of anilines is 2. The Morgan fingerprint density at radius 2 is 1.68 bits per heavy atom. The van der Waals surface area contributed by atoms with Gasteiger partial charge >= 0.3 is 24.5 Å². The summed E-state index contributed by atoms with van der Waals surface area (Å²) in [6, 6.07) is -0.245. The van der Waals surface area contributed by atoms with Crippen LogP contribution in [0.4, 0.5) is 51.1 Å². The summed E-state index contributed by atoms with van der Waals surface area (Å²) < 4.78 is 133. The molecule has 0 radical (unpaired) electrons. The number of halogens is 11. The van der Waals surface area contributed by atoms with E-state index in [9.17, 15) is 49.1 Å². The molecule has 1 atom stereocenters. The first kappa shape index (κ1) is 33.7. The van der Waals surface area contributed by atoms with Gasteiger partial charge in [0.05, 0.1) is 28.4 Å². The van der Waals surface area contributed by atoms with Gasteiger partial charge in [0.15, 0.2) is 5.69 Å². The fraction of sp³-hybridized carbons (Fsp3) is 0.500. The molecule has 0 fully saturated rings. The highest BCUT2D eigenvalue weighted by molar-refractivity contribution is 9.10. The molecular weight excluding hydrogens is 657 g/mol. The second-order valence-corrected chi connectivity index (χ2v) is 9.12. The first-order valence-electron chi connectivity index (χ1n) is 11.1. The highest BCUT2D eigenvalue weighted by Crippen LogP contribution is 2.46. The molecule has 2 aromatic rings. The number of ether oxygens (including phenoxy) is 2. The molecule has 0 aliphatic heterocycles. The number of carbonyl (C=O) groups is 1. The molecule has 1 unspecified atom stereocenters. The van der Waals surface area contributed by atoms with Crippen molar-refractivity contribution < 1.29 is 53.8 Å². The van der Waals surface area contributed by atoms with Crippen LogP contribution in [0.25, 0.3) is 0 Å². The highest BCUT2D eigenvalue weighted by atomic mass is 79.9. The summed E-state index contributed by atoms with van der Waals surface area (Å²) in [6.45, 7) is 2.14. The van der Waals surface area contributed by atoms with Crippen molar-refractivity contribution in [3.63, 3.8) is 0 Å². The average molecular weight is 677 g/mol. The lowest BCUT2D eigenvalue weighted by atomic mass is 10.1. The van der Waals surface area contributed by atoms with Gasteiger partial charge in [0, 0.05) is 13.7 Å². The Morgan fingerprint density at radius 1 is 1.07 bits per heavy atom. The van der Waals surface area contributed by atoms with Crippen LogP contribution in [0.15, 0.2) is 21.4 Å². The van der Waals surface area contributed by atoms with E-state index in [2.05, 4.69) is 20.9 Å². The Hall–Kier alpha value is -2.53. The molecule has 7 nitrogen and oxygen atoms in total. The van der Waals surface area contributed by atoms with Gasteiger partial charge in [-0.1, -0.05) is 24.9 Å². The van der Waals surface area contributed by atoms with Gasteiger partial charge in [-0.2, -0.15) is 39.5 Å². The lowest BCUT2D eigenvalue weighted by Crippen LogP contribution is -2.45. The van der Waals surface area contributed by atoms with Crippen molar-refractivity contribution in [2.24, 2.45) is 0 Å². The molecule has 0 spiro atoms. The van der Waals surface area contributed by atoms with Gasteiger partial charge in [-0.25, -0.2) is 9.78 Å². The maximum absolute atomic E-state index is 13.8. The summed E-state index contributed by atoms with van der Waals surface area (Å²) >= 11 is 8.43. The van der Waals surface area contributed by atoms with Gasteiger partial charge in [-0.05, 0) is 41.4 Å². The maximum atomic E-state index is 13.8. The number of esters is 1. The van der Waals surface area contributed by atoms with Crippen LogP contribution in [0.3, 0.4) is 0 Å². The largest absolute Gasteiger partial charge is 0.463 e. The summed E-state index contributed by atoms with van der Waals surface area (Å²) in [7, 11) is 0.777. The Labute approximate surface area is 233 Å². The number of unbranched alkanes of at least 4 members (excludes halogenated alkanes) is 1. The molecule has 0 amide bonds. The Morgan fingerprint density at radius 3 is 2.12 bits per heavy atom. The first-order chi connectivity index (χ1) is 18.3. The number of methoxy groups -OCH3 is 1. The highest BCUT2D eigenvalue weighted by Gasteiger charge is 2.44. The van der Waals surface area contributed by atoms with Crippen LogP contribution in [0.1, 0.15) is 43.5 Å². The minimum atomic E-state index is -5.49. The number of hydrogen-bond acceptors (Lipinski definition) is 6. The zero-order valence-electron chi connectivity index (χ0n) is 20.7. The van der Waals surface area contributed by atoms with E-state index < -0.39 is 80.8 Å². The summed E-state index contributed by atoms with van der Waals surface area (Å²) in [5.41, 5.74) is -8.50. The fourth-order valence-electron chi connectivity index (χ4n) is 3.42. The molecule has 0 N–H and O–H groups in total. The van der Waals surface area contributed by atoms with Gasteiger partial charge in [-0.3, -0.25) is 14.3 Å². The van der Waals surface area contributed by atoms with E-state index in [-0.39, 0.29) is 30.1 Å². The third-order valence-electron chi connectivity index (χ3n) is 5.20.